The predicted molar refractivity (Wildman–Crippen MR) is 73.6 cm³/mol. The summed E-state index contributed by atoms with van der Waals surface area (Å²) in [5.74, 6) is 1.73. The molecule has 0 bridgehead atoms. The fraction of sp³-hybridized carbons (Fsp3) is 0.667. The lowest BCUT2D eigenvalue weighted by atomic mass is 10.1. The van der Waals surface area contributed by atoms with E-state index in [9.17, 15) is 0 Å². The molecule has 1 atom stereocenters. The maximum atomic E-state index is 5.72. The highest BCUT2D eigenvalue weighted by Crippen LogP contribution is 2.33. The van der Waals surface area contributed by atoms with E-state index < -0.39 is 0 Å². The van der Waals surface area contributed by atoms with Crippen LogP contribution in [0.2, 0.25) is 0 Å². The van der Waals surface area contributed by atoms with Gasteiger partial charge in [-0.05, 0) is 39.2 Å². The molecule has 1 fully saturated rings. The lowest BCUT2D eigenvalue weighted by Gasteiger charge is -2.16. The minimum absolute atomic E-state index is 0.169. The first-order chi connectivity index (χ1) is 8.65. The molecule has 3 nitrogen and oxygen atoms in total. The fourth-order valence-corrected chi connectivity index (χ4v) is 2.11. The van der Waals surface area contributed by atoms with Gasteiger partial charge in [0, 0.05) is 24.3 Å². The highest BCUT2D eigenvalue weighted by Gasteiger charge is 2.23. The van der Waals surface area contributed by atoms with Crippen molar-refractivity contribution in [3.63, 3.8) is 0 Å². The first kappa shape index (κ1) is 13.3. The van der Waals surface area contributed by atoms with Gasteiger partial charge in [-0.2, -0.15) is 0 Å². The van der Waals surface area contributed by atoms with Crippen molar-refractivity contribution in [2.45, 2.75) is 58.7 Å². The number of nitrogens with one attached hydrogen (secondary N) is 1. The lowest BCUT2D eigenvalue weighted by Crippen LogP contribution is -2.26. The standard InChI is InChI=1S/C15H24N2O/c1-11(2)18-15-14(5-4-8-16-15)10-17-12(3)9-13-6-7-13/h4-5,8,11-13,17H,6-7,9-10H2,1-3H3. The number of pyridine rings is 1. The average molecular weight is 248 g/mol. The van der Waals surface area contributed by atoms with E-state index in [0.29, 0.717) is 6.04 Å². The second-order valence-electron chi connectivity index (χ2n) is 5.60. The summed E-state index contributed by atoms with van der Waals surface area (Å²) in [5.41, 5.74) is 1.15. The van der Waals surface area contributed by atoms with Crippen molar-refractivity contribution in [1.82, 2.24) is 10.3 Å². The zero-order chi connectivity index (χ0) is 13.0. The van der Waals surface area contributed by atoms with Crippen molar-refractivity contribution in [1.29, 1.82) is 0 Å². The van der Waals surface area contributed by atoms with Gasteiger partial charge in [0.2, 0.25) is 5.88 Å². The monoisotopic (exact) mass is 248 g/mol. The molecule has 1 unspecified atom stereocenters. The van der Waals surface area contributed by atoms with Gasteiger partial charge >= 0.3 is 0 Å². The predicted octanol–water partition coefficient (Wildman–Crippen LogP) is 3.15. The molecule has 2 rings (SSSR count). The normalized spacial score (nSPS) is 16.9. The quantitative estimate of drug-likeness (QED) is 0.805. The van der Waals surface area contributed by atoms with Crippen molar-refractivity contribution >= 4 is 0 Å². The van der Waals surface area contributed by atoms with Gasteiger partial charge in [0.25, 0.3) is 0 Å². The number of rotatable bonds is 7. The van der Waals surface area contributed by atoms with Crippen molar-refractivity contribution in [3.05, 3.63) is 23.9 Å². The number of nitrogens with zero attached hydrogens (tertiary/aromatic N) is 1. The molecule has 18 heavy (non-hydrogen) atoms. The van der Waals surface area contributed by atoms with Gasteiger partial charge < -0.3 is 10.1 Å². The molecular weight excluding hydrogens is 224 g/mol. The molecule has 3 heteroatoms. The van der Waals surface area contributed by atoms with Gasteiger partial charge in [-0.1, -0.05) is 18.9 Å². The third-order valence-electron chi connectivity index (χ3n) is 3.22. The van der Waals surface area contributed by atoms with Crippen LogP contribution in [-0.2, 0) is 6.54 Å². The first-order valence-electron chi connectivity index (χ1n) is 6.99. The van der Waals surface area contributed by atoms with Gasteiger partial charge in [-0.3, -0.25) is 0 Å². The number of hydrogen-bond donors (Lipinski definition) is 1. The second-order valence-corrected chi connectivity index (χ2v) is 5.60. The smallest absolute Gasteiger partial charge is 0.218 e. The van der Waals surface area contributed by atoms with Crippen LogP contribution in [0.1, 0.15) is 45.6 Å². The lowest BCUT2D eigenvalue weighted by molar-refractivity contribution is 0.229. The number of ether oxygens (including phenoxy) is 1. The Morgan fingerprint density at radius 3 is 2.83 bits per heavy atom. The molecule has 0 radical (unpaired) electrons. The summed E-state index contributed by atoms with van der Waals surface area (Å²) >= 11 is 0. The average Bonchev–Trinajstić information content (AvgIpc) is 3.11. The summed E-state index contributed by atoms with van der Waals surface area (Å²) < 4.78 is 5.72. The zero-order valence-electron chi connectivity index (χ0n) is 11.6. The van der Waals surface area contributed by atoms with Crippen molar-refractivity contribution in [2.75, 3.05) is 0 Å². The van der Waals surface area contributed by atoms with E-state index in [2.05, 4.69) is 23.3 Å². The molecule has 1 aromatic rings. The van der Waals surface area contributed by atoms with Crippen LogP contribution in [0, 0.1) is 5.92 Å². The summed E-state index contributed by atoms with van der Waals surface area (Å²) in [7, 11) is 0. The fourth-order valence-electron chi connectivity index (χ4n) is 2.11. The van der Waals surface area contributed by atoms with Crippen LogP contribution < -0.4 is 10.1 Å². The highest BCUT2D eigenvalue weighted by molar-refractivity contribution is 5.25. The zero-order valence-corrected chi connectivity index (χ0v) is 11.6. The van der Waals surface area contributed by atoms with Crippen molar-refractivity contribution in [3.8, 4) is 5.88 Å². The van der Waals surface area contributed by atoms with Crippen LogP contribution >= 0.6 is 0 Å². The number of hydrogen-bond acceptors (Lipinski definition) is 3. The third kappa shape index (κ3) is 4.30. The third-order valence-corrected chi connectivity index (χ3v) is 3.22. The van der Waals surface area contributed by atoms with Crippen molar-refractivity contribution < 1.29 is 4.74 Å². The largest absolute Gasteiger partial charge is 0.475 e. The Bertz CT molecular complexity index is 375. The Labute approximate surface area is 110 Å². The molecular formula is C15H24N2O. The van der Waals surface area contributed by atoms with Crippen LogP contribution in [0.3, 0.4) is 0 Å². The van der Waals surface area contributed by atoms with E-state index in [0.717, 1.165) is 23.9 Å². The van der Waals surface area contributed by atoms with E-state index in [4.69, 9.17) is 4.74 Å². The SMILES string of the molecule is CC(CC1CC1)NCc1cccnc1OC(C)C. The summed E-state index contributed by atoms with van der Waals surface area (Å²) in [5, 5.41) is 3.56. The molecule has 0 saturated heterocycles. The van der Waals surface area contributed by atoms with Gasteiger partial charge in [-0.15, -0.1) is 0 Å². The Balaban J connectivity index is 1.86. The van der Waals surface area contributed by atoms with E-state index >= 15 is 0 Å². The second kappa shape index (κ2) is 6.19. The van der Waals surface area contributed by atoms with Gasteiger partial charge in [0.1, 0.15) is 0 Å². The molecule has 0 amide bonds. The number of aromatic nitrogens is 1. The van der Waals surface area contributed by atoms with Crippen LogP contribution in [0.5, 0.6) is 5.88 Å². The Kier molecular flexibility index (Phi) is 4.59. The molecule has 1 heterocycles. The van der Waals surface area contributed by atoms with E-state index in [-0.39, 0.29) is 6.10 Å². The first-order valence-corrected chi connectivity index (χ1v) is 6.99. The van der Waals surface area contributed by atoms with Gasteiger partial charge in [0.05, 0.1) is 6.10 Å². The van der Waals surface area contributed by atoms with Gasteiger partial charge in [-0.25, -0.2) is 4.98 Å². The van der Waals surface area contributed by atoms with Crippen LogP contribution in [0.25, 0.3) is 0 Å². The minimum Gasteiger partial charge on any atom is -0.475 e. The van der Waals surface area contributed by atoms with E-state index in [1.807, 2.05) is 19.9 Å². The van der Waals surface area contributed by atoms with Crippen LogP contribution in [0.4, 0.5) is 0 Å². The molecule has 100 valence electrons. The highest BCUT2D eigenvalue weighted by atomic mass is 16.5. The maximum Gasteiger partial charge on any atom is 0.218 e. The van der Waals surface area contributed by atoms with Crippen LogP contribution in [0.15, 0.2) is 18.3 Å². The molecule has 1 N–H and O–H groups in total. The van der Waals surface area contributed by atoms with E-state index in [1.165, 1.54) is 19.3 Å². The van der Waals surface area contributed by atoms with Crippen molar-refractivity contribution in [2.24, 2.45) is 5.92 Å². The molecule has 0 aliphatic heterocycles. The van der Waals surface area contributed by atoms with E-state index in [1.54, 1.807) is 6.20 Å². The Morgan fingerprint density at radius 2 is 2.17 bits per heavy atom. The molecule has 0 aromatic carbocycles. The van der Waals surface area contributed by atoms with Gasteiger partial charge in [0.15, 0.2) is 0 Å². The topological polar surface area (TPSA) is 34.2 Å². The molecule has 1 aliphatic carbocycles. The molecule has 0 spiro atoms. The summed E-state index contributed by atoms with van der Waals surface area (Å²) in [6.07, 6.45) is 6.08. The van der Waals surface area contributed by atoms with Crippen LogP contribution in [-0.4, -0.2) is 17.1 Å². The Morgan fingerprint density at radius 1 is 1.39 bits per heavy atom. The summed E-state index contributed by atoms with van der Waals surface area (Å²) in [6, 6.07) is 4.63. The maximum absolute atomic E-state index is 5.72. The Hall–Kier alpha value is -1.09. The minimum atomic E-state index is 0.169. The molecule has 1 saturated carbocycles. The molecule has 1 aromatic heterocycles. The summed E-state index contributed by atoms with van der Waals surface area (Å²) in [6.45, 7) is 7.16. The summed E-state index contributed by atoms with van der Waals surface area (Å²) in [4.78, 5) is 4.31. The molecule has 1 aliphatic rings.